The van der Waals surface area contributed by atoms with E-state index in [-0.39, 0.29) is 6.04 Å². The highest BCUT2D eigenvalue weighted by Gasteiger charge is 2.23. The SMILES string of the molecule is NC(COCC1CCOC1)C1CCOC1. The summed E-state index contributed by atoms with van der Waals surface area (Å²) in [6.45, 7) is 4.84. The summed E-state index contributed by atoms with van der Waals surface area (Å²) in [5, 5.41) is 0. The lowest BCUT2D eigenvalue weighted by Gasteiger charge is -2.18. The lowest BCUT2D eigenvalue weighted by atomic mass is 10.0. The fourth-order valence-corrected chi connectivity index (χ4v) is 2.11. The monoisotopic (exact) mass is 215 g/mol. The van der Waals surface area contributed by atoms with Crippen molar-refractivity contribution in [2.75, 3.05) is 39.6 Å². The Morgan fingerprint density at radius 2 is 2.00 bits per heavy atom. The molecular formula is C11H21NO3. The Morgan fingerprint density at radius 1 is 1.20 bits per heavy atom. The molecule has 0 spiro atoms. The molecule has 2 saturated heterocycles. The van der Waals surface area contributed by atoms with Crippen LogP contribution in [0.4, 0.5) is 0 Å². The van der Waals surface area contributed by atoms with Crippen molar-refractivity contribution < 1.29 is 14.2 Å². The van der Waals surface area contributed by atoms with Crippen LogP contribution < -0.4 is 5.73 Å². The van der Waals surface area contributed by atoms with E-state index in [1.807, 2.05) is 0 Å². The van der Waals surface area contributed by atoms with E-state index in [2.05, 4.69) is 0 Å². The molecule has 0 saturated carbocycles. The van der Waals surface area contributed by atoms with Crippen molar-refractivity contribution in [1.82, 2.24) is 0 Å². The molecule has 0 aliphatic carbocycles. The van der Waals surface area contributed by atoms with Gasteiger partial charge in [-0.05, 0) is 12.8 Å². The molecule has 2 fully saturated rings. The highest BCUT2D eigenvalue weighted by Crippen LogP contribution is 2.16. The molecule has 2 N–H and O–H groups in total. The summed E-state index contributed by atoms with van der Waals surface area (Å²) in [5.74, 6) is 1.07. The van der Waals surface area contributed by atoms with E-state index in [9.17, 15) is 0 Å². The van der Waals surface area contributed by atoms with Crippen molar-refractivity contribution in [2.45, 2.75) is 18.9 Å². The lowest BCUT2D eigenvalue weighted by molar-refractivity contribution is 0.0682. The van der Waals surface area contributed by atoms with Crippen LogP contribution in [-0.4, -0.2) is 45.7 Å². The van der Waals surface area contributed by atoms with Crippen molar-refractivity contribution >= 4 is 0 Å². The van der Waals surface area contributed by atoms with Gasteiger partial charge < -0.3 is 19.9 Å². The third kappa shape index (κ3) is 3.41. The molecule has 0 bridgehead atoms. The topological polar surface area (TPSA) is 53.7 Å². The van der Waals surface area contributed by atoms with E-state index in [1.165, 1.54) is 0 Å². The van der Waals surface area contributed by atoms with Crippen LogP contribution in [0.15, 0.2) is 0 Å². The molecule has 0 radical (unpaired) electrons. The molecule has 3 atom stereocenters. The smallest absolute Gasteiger partial charge is 0.0621 e. The second kappa shape index (κ2) is 5.80. The zero-order valence-electron chi connectivity index (χ0n) is 9.19. The minimum absolute atomic E-state index is 0.134. The van der Waals surface area contributed by atoms with Crippen LogP contribution >= 0.6 is 0 Å². The predicted octanol–water partition coefficient (Wildman–Crippen LogP) is 0.403. The molecule has 0 amide bonds. The maximum atomic E-state index is 6.03. The van der Waals surface area contributed by atoms with E-state index in [0.717, 1.165) is 45.9 Å². The molecule has 0 aromatic carbocycles. The molecule has 4 nitrogen and oxygen atoms in total. The molecule has 2 rings (SSSR count). The summed E-state index contributed by atoms with van der Waals surface area (Å²) in [6, 6.07) is 0.134. The van der Waals surface area contributed by atoms with Crippen molar-refractivity contribution in [3.05, 3.63) is 0 Å². The third-order valence-corrected chi connectivity index (χ3v) is 3.26. The molecule has 0 aromatic heterocycles. The maximum absolute atomic E-state index is 6.03. The van der Waals surface area contributed by atoms with Crippen molar-refractivity contribution in [3.63, 3.8) is 0 Å². The highest BCUT2D eigenvalue weighted by atomic mass is 16.5. The first-order valence-corrected chi connectivity index (χ1v) is 5.85. The average molecular weight is 215 g/mol. The second-order valence-corrected chi connectivity index (χ2v) is 4.55. The zero-order chi connectivity index (χ0) is 10.5. The van der Waals surface area contributed by atoms with Gasteiger partial charge in [-0.15, -0.1) is 0 Å². The van der Waals surface area contributed by atoms with Gasteiger partial charge in [-0.1, -0.05) is 0 Å². The van der Waals surface area contributed by atoms with E-state index in [0.29, 0.717) is 18.4 Å². The highest BCUT2D eigenvalue weighted by molar-refractivity contribution is 4.76. The van der Waals surface area contributed by atoms with E-state index in [1.54, 1.807) is 0 Å². The molecule has 2 aliphatic rings. The standard InChI is InChI=1S/C11H21NO3/c12-11(10-2-4-14-7-10)8-15-6-9-1-3-13-5-9/h9-11H,1-8,12H2. The Kier molecular flexibility index (Phi) is 4.38. The summed E-state index contributed by atoms with van der Waals surface area (Å²) >= 11 is 0. The summed E-state index contributed by atoms with van der Waals surface area (Å²) in [5.41, 5.74) is 6.03. The Balaban J connectivity index is 1.56. The molecule has 3 unspecified atom stereocenters. The number of hydrogen-bond acceptors (Lipinski definition) is 4. The number of nitrogens with two attached hydrogens (primary N) is 1. The van der Waals surface area contributed by atoms with E-state index in [4.69, 9.17) is 19.9 Å². The van der Waals surface area contributed by atoms with Gasteiger partial charge in [-0.3, -0.25) is 0 Å². The summed E-state index contributed by atoms with van der Waals surface area (Å²) in [4.78, 5) is 0. The van der Waals surface area contributed by atoms with Crippen LogP contribution in [-0.2, 0) is 14.2 Å². The van der Waals surface area contributed by atoms with E-state index >= 15 is 0 Å². The van der Waals surface area contributed by atoms with Crippen LogP contribution in [0.2, 0.25) is 0 Å². The quantitative estimate of drug-likeness (QED) is 0.721. The van der Waals surface area contributed by atoms with Crippen LogP contribution in [0.5, 0.6) is 0 Å². The van der Waals surface area contributed by atoms with Gasteiger partial charge in [0.2, 0.25) is 0 Å². The number of hydrogen-bond donors (Lipinski definition) is 1. The fourth-order valence-electron chi connectivity index (χ4n) is 2.11. The van der Waals surface area contributed by atoms with Gasteiger partial charge in [0.15, 0.2) is 0 Å². The normalized spacial score (nSPS) is 33.4. The number of ether oxygens (including phenoxy) is 3. The van der Waals surface area contributed by atoms with Crippen molar-refractivity contribution in [2.24, 2.45) is 17.6 Å². The van der Waals surface area contributed by atoms with Gasteiger partial charge in [-0.25, -0.2) is 0 Å². The molecule has 0 aromatic rings. The Bertz CT molecular complexity index is 177. The number of rotatable bonds is 5. The van der Waals surface area contributed by atoms with Gasteiger partial charge in [0.25, 0.3) is 0 Å². The van der Waals surface area contributed by atoms with Gasteiger partial charge >= 0.3 is 0 Å². The molecule has 2 aliphatic heterocycles. The summed E-state index contributed by atoms with van der Waals surface area (Å²) in [7, 11) is 0. The summed E-state index contributed by atoms with van der Waals surface area (Å²) in [6.07, 6.45) is 2.21. The lowest BCUT2D eigenvalue weighted by Crippen LogP contribution is -2.35. The van der Waals surface area contributed by atoms with Gasteiger partial charge in [0.1, 0.15) is 0 Å². The predicted molar refractivity (Wildman–Crippen MR) is 56.6 cm³/mol. The van der Waals surface area contributed by atoms with Gasteiger partial charge in [0.05, 0.1) is 26.4 Å². The van der Waals surface area contributed by atoms with Gasteiger partial charge in [0, 0.05) is 31.1 Å². The van der Waals surface area contributed by atoms with Crippen molar-refractivity contribution in [1.29, 1.82) is 0 Å². The van der Waals surface area contributed by atoms with Crippen LogP contribution in [0.1, 0.15) is 12.8 Å². The Hall–Kier alpha value is -0.160. The first-order chi connectivity index (χ1) is 7.36. The minimum Gasteiger partial charge on any atom is -0.381 e. The average Bonchev–Trinajstić information content (AvgIpc) is 2.90. The van der Waals surface area contributed by atoms with E-state index < -0.39 is 0 Å². The maximum Gasteiger partial charge on any atom is 0.0621 e. The minimum atomic E-state index is 0.134. The molecule has 4 heteroatoms. The van der Waals surface area contributed by atoms with Crippen LogP contribution in [0.3, 0.4) is 0 Å². The Labute approximate surface area is 91.1 Å². The fraction of sp³-hybridized carbons (Fsp3) is 1.00. The second-order valence-electron chi connectivity index (χ2n) is 4.55. The summed E-state index contributed by atoms with van der Waals surface area (Å²) < 4.78 is 16.2. The third-order valence-electron chi connectivity index (χ3n) is 3.26. The van der Waals surface area contributed by atoms with Crippen LogP contribution in [0, 0.1) is 11.8 Å². The molecule has 88 valence electrons. The molecule has 15 heavy (non-hydrogen) atoms. The zero-order valence-corrected chi connectivity index (χ0v) is 9.19. The molecule has 2 heterocycles. The van der Waals surface area contributed by atoms with Crippen molar-refractivity contribution in [3.8, 4) is 0 Å². The van der Waals surface area contributed by atoms with Crippen LogP contribution in [0.25, 0.3) is 0 Å². The Morgan fingerprint density at radius 3 is 2.67 bits per heavy atom. The molecular weight excluding hydrogens is 194 g/mol. The van der Waals surface area contributed by atoms with Gasteiger partial charge in [-0.2, -0.15) is 0 Å². The first-order valence-electron chi connectivity index (χ1n) is 5.85. The largest absolute Gasteiger partial charge is 0.381 e. The first kappa shape index (κ1) is 11.3.